The summed E-state index contributed by atoms with van der Waals surface area (Å²) in [7, 11) is 0. The number of fused-ring (bicyclic) bond motifs is 2. The molecule has 2 aromatic heterocycles. The fourth-order valence-corrected chi connectivity index (χ4v) is 3.89. The number of ether oxygens (including phenoxy) is 2. The van der Waals surface area contributed by atoms with Crippen LogP contribution >= 0.6 is 0 Å². The summed E-state index contributed by atoms with van der Waals surface area (Å²) in [4.78, 5) is 28.4. The summed E-state index contributed by atoms with van der Waals surface area (Å²) in [6, 6.07) is 7.32. The maximum absolute atomic E-state index is 12.4. The Labute approximate surface area is 174 Å². The summed E-state index contributed by atoms with van der Waals surface area (Å²) in [5.41, 5.74) is 3.56. The van der Waals surface area contributed by atoms with Crippen LogP contribution in [0.1, 0.15) is 36.4 Å². The summed E-state index contributed by atoms with van der Waals surface area (Å²) in [5.74, 6) is 1.36. The molecule has 1 aromatic carbocycles. The lowest BCUT2D eigenvalue weighted by atomic mass is 10.0. The zero-order valence-electron chi connectivity index (χ0n) is 17.7. The van der Waals surface area contributed by atoms with Gasteiger partial charge in [0.25, 0.3) is 5.56 Å². The molecule has 0 bridgehead atoms. The van der Waals surface area contributed by atoms with E-state index in [0.29, 0.717) is 24.5 Å². The molecule has 4 rings (SSSR count). The molecule has 3 aromatic rings. The van der Waals surface area contributed by atoms with Crippen LogP contribution in [0.5, 0.6) is 11.5 Å². The smallest absolute Gasteiger partial charge is 0.266 e. The molecular weight excluding hydrogens is 384 g/mol. The van der Waals surface area contributed by atoms with E-state index in [1.165, 1.54) is 6.07 Å². The minimum atomic E-state index is -0.231. The van der Waals surface area contributed by atoms with Crippen LogP contribution in [0.2, 0.25) is 0 Å². The van der Waals surface area contributed by atoms with E-state index in [1.807, 2.05) is 32.0 Å². The molecule has 2 N–H and O–H groups in total. The van der Waals surface area contributed by atoms with Gasteiger partial charge in [0.05, 0.1) is 13.0 Å². The molecule has 30 heavy (non-hydrogen) atoms. The van der Waals surface area contributed by atoms with E-state index in [2.05, 4.69) is 29.2 Å². The van der Waals surface area contributed by atoms with Crippen LogP contribution in [-0.2, 0) is 17.6 Å². The number of amides is 1. The minimum absolute atomic E-state index is 0.129. The molecule has 8 nitrogen and oxygen atoms in total. The van der Waals surface area contributed by atoms with Crippen molar-refractivity contribution in [1.29, 1.82) is 0 Å². The van der Waals surface area contributed by atoms with Crippen molar-refractivity contribution in [2.45, 2.75) is 46.1 Å². The van der Waals surface area contributed by atoms with E-state index in [4.69, 9.17) is 9.47 Å². The van der Waals surface area contributed by atoms with Crippen LogP contribution in [0.25, 0.3) is 5.65 Å². The van der Waals surface area contributed by atoms with Gasteiger partial charge in [0.1, 0.15) is 12.2 Å². The summed E-state index contributed by atoms with van der Waals surface area (Å²) in [6.07, 6.45) is 1.03. The Bertz CT molecular complexity index is 1180. The van der Waals surface area contributed by atoms with Crippen molar-refractivity contribution < 1.29 is 14.3 Å². The van der Waals surface area contributed by atoms with E-state index in [1.54, 1.807) is 4.52 Å². The van der Waals surface area contributed by atoms with Gasteiger partial charge in [-0.05, 0) is 33.8 Å². The monoisotopic (exact) mass is 410 g/mol. The van der Waals surface area contributed by atoms with E-state index in [0.717, 1.165) is 34.7 Å². The second-order valence-electron chi connectivity index (χ2n) is 8.23. The van der Waals surface area contributed by atoms with Crippen molar-refractivity contribution in [1.82, 2.24) is 19.9 Å². The van der Waals surface area contributed by atoms with E-state index >= 15 is 0 Å². The summed E-state index contributed by atoms with van der Waals surface area (Å²) in [5, 5.41) is 5.58. The van der Waals surface area contributed by atoms with Gasteiger partial charge in [0, 0.05) is 35.0 Å². The van der Waals surface area contributed by atoms with Gasteiger partial charge in [-0.1, -0.05) is 12.1 Å². The Morgan fingerprint density at radius 1 is 1.37 bits per heavy atom. The van der Waals surface area contributed by atoms with Crippen LogP contribution < -0.4 is 20.3 Å². The third-order valence-corrected chi connectivity index (χ3v) is 5.28. The highest BCUT2D eigenvalue weighted by Gasteiger charge is 2.32. The number of carbonyl (C=O) groups excluding carboxylic acids is 1. The molecule has 1 aliphatic rings. The van der Waals surface area contributed by atoms with Gasteiger partial charge in [-0.15, -0.1) is 0 Å². The van der Waals surface area contributed by atoms with Gasteiger partial charge in [0.2, 0.25) is 5.91 Å². The molecule has 8 heteroatoms. The quantitative estimate of drug-likeness (QED) is 0.607. The molecule has 1 amide bonds. The van der Waals surface area contributed by atoms with Crippen molar-refractivity contribution in [2.24, 2.45) is 0 Å². The van der Waals surface area contributed by atoms with E-state index in [-0.39, 0.29) is 23.5 Å². The first-order valence-corrected chi connectivity index (χ1v) is 10.0. The van der Waals surface area contributed by atoms with Gasteiger partial charge >= 0.3 is 0 Å². The molecule has 0 saturated heterocycles. The Morgan fingerprint density at radius 3 is 2.97 bits per heavy atom. The van der Waals surface area contributed by atoms with Gasteiger partial charge in [-0.25, -0.2) is 9.50 Å². The molecule has 3 heterocycles. The molecule has 0 unspecified atom stereocenters. The normalized spacial score (nSPS) is 14.4. The molecule has 0 fully saturated rings. The number of benzene rings is 1. The standard InChI is InChI=1S/C22H26N4O4/c1-13-16(14(2)26-18(24-13)11-20(28)25-26)10-19(27)23-8-9-29-17-7-5-6-15-12-22(3,4)30-21(15)17/h5-7,11H,8-10,12H2,1-4H3,(H,23,27)(H,25,28). The van der Waals surface area contributed by atoms with Crippen molar-refractivity contribution in [3.63, 3.8) is 0 Å². The lowest BCUT2D eigenvalue weighted by Crippen LogP contribution is -2.30. The van der Waals surface area contributed by atoms with E-state index in [9.17, 15) is 9.59 Å². The number of H-pyrrole nitrogens is 1. The van der Waals surface area contributed by atoms with Gasteiger partial charge < -0.3 is 14.8 Å². The topological polar surface area (TPSA) is 97.7 Å². The number of aromatic nitrogens is 3. The lowest BCUT2D eigenvalue weighted by molar-refractivity contribution is -0.120. The molecule has 0 radical (unpaired) electrons. The highest BCUT2D eigenvalue weighted by atomic mass is 16.5. The lowest BCUT2D eigenvalue weighted by Gasteiger charge is -2.18. The Hall–Kier alpha value is -3.29. The second kappa shape index (κ2) is 7.51. The van der Waals surface area contributed by atoms with E-state index < -0.39 is 0 Å². The average molecular weight is 410 g/mol. The predicted octanol–water partition coefficient (Wildman–Crippen LogP) is 2.09. The zero-order chi connectivity index (χ0) is 21.5. The molecule has 158 valence electrons. The number of para-hydroxylation sites is 1. The van der Waals surface area contributed by atoms with Crippen molar-refractivity contribution in [3.8, 4) is 11.5 Å². The number of nitrogens with one attached hydrogen (secondary N) is 2. The fraction of sp³-hybridized carbons (Fsp3) is 0.409. The fourth-order valence-electron chi connectivity index (χ4n) is 3.89. The third kappa shape index (κ3) is 3.90. The first-order valence-electron chi connectivity index (χ1n) is 10.0. The largest absolute Gasteiger partial charge is 0.488 e. The average Bonchev–Trinajstić information content (AvgIpc) is 3.20. The predicted molar refractivity (Wildman–Crippen MR) is 112 cm³/mol. The minimum Gasteiger partial charge on any atom is -0.488 e. The van der Waals surface area contributed by atoms with Crippen LogP contribution in [0.15, 0.2) is 29.1 Å². The molecular formula is C22H26N4O4. The maximum atomic E-state index is 12.4. The number of rotatable bonds is 6. The number of aryl methyl sites for hydroxylation is 2. The Kier molecular flexibility index (Phi) is 5.01. The highest BCUT2D eigenvalue weighted by Crippen LogP contribution is 2.41. The van der Waals surface area contributed by atoms with Crippen molar-refractivity contribution in [3.05, 3.63) is 57.1 Å². The first-order chi connectivity index (χ1) is 14.2. The molecule has 1 aliphatic heterocycles. The van der Waals surface area contributed by atoms with Crippen molar-refractivity contribution in [2.75, 3.05) is 13.2 Å². The second-order valence-corrected chi connectivity index (χ2v) is 8.23. The molecule has 0 saturated carbocycles. The number of aromatic amines is 1. The maximum Gasteiger partial charge on any atom is 0.266 e. The number of hydrogen-bond donors (Lipinski definition) is 2. The van der Waals surface area contributed by atoms with Crippen LogP contribution in [0, 0.1) is 13.8 Å². The zero-order valence-corrected chi connectivity index (χ0v) is 17.7. The summed E-state index contributed by atoms with van der Waals surface area (Å²) < 4.78 is 13.5. The van der Waals surface area contributed by atoms with Crippen LogP contribution in [-0.4, -0.2) is 39.3 Å². The molecule has 0 atom stereocenters. The summed E-state index contributed by atoms with van der Waals surface area (Å²) in [6.45, 7) is 8.52. The molecule has 0 aliphatic carbocycles. The van der Waals surface area contributed by atoms with Gasteiger partial charge in [-0.2, -0.15) is 0 Å². The number of carbonyl (C=O) groups is 1. The SMILES string of the molecule is Cc1nc2cc(=O)[nH]n2c(C)c1CC(=O)NCCOc1cccc2c1OC(C)(C)C2. The molecule has 0 spiro atoms. The third-order valence-electron chi connectivity index (χ3n) is 5.28. The van der Waals surface area contributed by atoms with Crippen molar-refractivity contribution >= 4 is 11.6 Å². The van der Waals surface area contributed by atoms with Crippen LogP contribution in [0.4, 0.5) is 0 Å². The number of hydrogen-bond acceptors (Lipinski definition) is 5. The van der Waals surface area contributed by atoms with Crippen LogP contribution in [0.3, 0.4) is 0 Å². The highest BCUT2D eigenvalue weighted by molar-refractivity contribution is 5.79. The Morgan fingerprint density at radius 2 is 2.17 bits per heavy atom. The first kappa shape index (κ1) is 20.0. The van der Waals surface area contributed by atoms with Gasteiger partial charge in [-0.3, -0.25) is 14.7 Å². The number of nitrogens with zero attached hydrogens (tertiary/aromatic N) is 2. The summed E-state index contributed by atoms with van der Waals surface area (Å²) >= 11 is 0. The Balaban J connectivity index is 1.34. The van der Waals surface area contributed by atoms with Gasteiger partial charge in [0.15, 0.2) is 17.1 Å².